The van der Waals surface area contributed by atoms with Gasteiger partial charge in [0.15, 0.2) is 0 Å². The summed E-state index contributed by atoms with van der Waals surface area (Å²) < 4.78 is 7.54. The van der Waals surface area contributed by atoms with Crippen LogP contribution in [0.25, 0.3) is 5.52 Å². The molecule has 4 nitrogen and oxygen atoms in total. The molecule has 1 unspecified atom stereocenters. The number of nitrogens with one attached hydrogen (secondary N) is 1. The van der Waals surface area contributed by atoms with Crippen LogP contribution in [-0.4, -0.2) is 29.6 Å². The molecule has 0 amide bonds. The van der Waals surface area contributed by atoms with Crippen LogP contribution in [0, 0.1) is 0 Å². The van der Waals surface area contributed by atoms with Gasteiger partial charge >= 0.3 is 0 Å². The zero-order chi connectivity index (χ0) is 12.4. The Morgan fingerprint density at radius 2 is 2.39 bits per heavy atom. The Bertz CT molecular complexity index is 527. The molecule has 1 atom stereocenters. The van der Waals surface area contributed by atoms with Crippen molar-refractivity contribution in [3.05, 3.63) is 30.4 Å². The van der Waals surface area contributed by atoms with Crippen LogP contribution >= 0.6 is 0 Å². The summed E-state index contributed by atoms with van der Waals surface area (Å²) in [5.74, 6) is 2.54. The zero-order valence-electron chi connectivity index (χ0n) is 10.7. The summed E-state index contributed by atoms with van der Waals surface area (Å²) in [6.45, 7) is 2.15. The minimum atomic E-state index is 0.502. The van der Waals surface area contributed by atoms with Gasteiger partial charge in [0.05, 0.1) is 13.3 Å². The molecule has 0 spiro atoms. The Morgan fingerprint density at radius 1 is 1.44 bits per heavy atom. The molecule has 1 aliphatic heterocycles. The molecule has 0 saturated carbocycles. The fourth-order valence-electron chi connectivity index (χ4n) is 2.73. The maximum atomic E-state index is 5.38. The highest BCUT2D eigenvalue weighted by atomic mass is 16.5. The van der Waals surface area contributed by atoms with E-state index in [1.165, 1.54) is 19.3 Å². The predicted octanol–water partition coefficient (Wildman–Crippen LogP) is 2.20. The van der Waals surface area contributed by atoms with Crippen LogP contribution in [0.5, 0.6) is 5.75 Å². The van der Waals surface area contributed by atoms with Crippen LogP contribution < -0.4 is 10.1 Å². The average Bonchev–Trinajstić information content (AvgIpc) is 2.66. The second kappa shape index (κ2) is 4.98. The third-order valence-electron chi connectivity index (χ3n) is 3.69. The van der Waals surface area contributed by atoms with E-state index in [0.717, 1.165) is 30.2 Å². The van der Waals surface area contributed by atoms with E-state index in [2.05, 4.69) is 20.9 Å². The lowest BCUT2D eigenvalue weighted by Gasteiger charge is -2.13. The van der Waals surface area contributed by atoms with Gasteiger partial charge in [-0.3, -0.25) is 0 Å². The lowest BCUT2D eigenvalue weighted by atomic mass is 10.0. The number of ether oxygens (including phenoxy) is 1. The van der Waals surface area contributed by atoms with Crippen molar-refractivity contribution in [1.82, 2.24) is 14.7 Å². The van der Waals surface area contributed by atoms with Crippen molar-refractivity contribution in [2.75, 3.05) is 20.2 Å². The summed E-state index contributed by atoms with van der Waals surface area (Å²) in [7, 11) is 1.70. The van der Waals surface area contributed by atoms with Gasteiger partial charge in [-0.15, -0.1) is 0 Å². The van der Waals surface area contributed by atoms with Gasteiger partial charge in [-0.25, -0.2) is 4.98 Å². The number of aromatic nitrogens is 2. The summed E-state index contributed by atoms with van der Waals surface area (Å²) in [6.07, 6.45) is 7.74. The van der Waals surface area contributed by atoms with E-state index in [1.807, 2.05) is 18.3 Å². The summed E-state index contributed by atoms with van der Waals surface area (Å²) in [4.78, 5) is 4.61. The molecule has 18 heavy (non-hydrogen) atoms. The Labute approximate surface area is 107 Å². The SMILES string of the molecule is COc1cccn2c(C3CCCCNC3)ncc12. The van der Waals surface area contributed by atoms with Crippen molar-refractivity contribution >= 4 is 5.52 Å². The predicted molar refractivity (Wildman–Crippen MR) is 71.2 cm³/mol. The molecule has 1 saturated heterocycles. The van der Waals surface area contributed by atoms with Crippen molar-refractivity contribution in [1.29, 1.82) is 0 Å². The first-order valence-corrected chi connectivity index (χ1v) is 6.61. The van der Waals surface area contributed by atoms with Gasteiger partial charge in [0.25, 0.3) is 0 Å². The molecule has 0 bridgehead atoms. The zero-order valence-corrected chi connectivity index (χ0v) is 10.7. The third-order valence-corrected chi connectivity index (χ3v) is 3.69. The monoisotopic (exact) mass is 245 g/mol. The van der Waals surface area contributed by atoms with Gasteiger partial charge in [0, 0.05) is 18.7 Å². The fraction of sp³-hybridized carbons (Fsp3) is 0.500. The van der Waals surface area contributed by atoms with Gasteiger partial charge in [-0.05, 0) is 31.5 Å². The third kappa shape index (κ3) is 1.97. The second-order valence-corrected chi connectivity index (χ2v) is 4.85. The number of hydrogen-bond acceptors (Lipinski definition) is 3. The highest BCUT2D eigenvalue weighted by molar-refractivity contribution is 5.59. The molecule has 3 heterocycles. The lowest BCUT2D eigenvalue weighted by Crippen LogP contribution is -2.20. The molecule has 0 aliphatic carbocycles. The molecular formula is C14H19N3O. The molecule has 2 aromatic heterocycles. The number of nitrogens with zero attached hydrogens (tertiary/aromatic N) is 2. The maximum absolute atomic E-state index is 5.38. The number of fused-ring (bicyclic) bond motifs is 1. The van der Waals surface area contributed by atoms with E-state index < -0.39 is 0 Å². The minimum Gasteiger partial charge on any atom is -0.494 e. The molecule has 0 aromatic carbocycles. The molecule has 1 aliphatic rings. The van der Waals surface area contributed by atoms with Gasteiger partial charge in [-0.1, -0.05) is 6.42 Å². The molecule has 3 rings (SSSR count). The summed E-state index contributed by atoms with van der Waals surface area (Å²) in [5.41, 5.74) is 1.05. The number of pyridine rings is 1. The minimum absolute atomic E-state index is 0.502. The van der Waals surface area contributed by atoms with Gasteiger partial charge in [0.2, 0.25) is 0 Å². The first kappa shape index (κ1) is 11.5. The largest absolute Gasteiger partial charge is 0.494 e. The van der Waals surface area contributed by atoms with E-state index in [1.54, 1.807) is 7.11 Å². The van der Waals surface area contributed by atoms with E-state index >= 15 is 0 Å². The molecule has 4 heteroatoms. The smallest absolute Gasteiger partial charge is 0.144 e. The Morgan fingerprint density at radius 3 is 3.28 bits per heavy atom. The highest BCUT2D eigenvalue weighted by Crippen LogP contribution is 2.26. The van der Waals surface area contributed by atoms with Crippen LogP contribution in [-0.2, 0) is 0 Å². The van der Waals surface area contributed by atoms with Crippen molar-refractivity contribution < 1.29 is 4.74 Å². The first-order valence-electron chi connectivity index (χ1n) is 6.61. The van der Waals surface area contributed by atoms with E-state index in [4.69, 9.17) is 4.74 Å². The topological polar surface area (TPSA) is 38.6 Å². The number of hydrogen-bond donors (Lipinski definition) is 1. The van der Waals surface area contributed by atoms with E-state index in [9.17, 15) is 0 Å². The van der Waals surface area contributed by atoms with Crippen LogP contribution in [0.3, 0.4) is 0 Å². The van der Waals surface area contributed by atoms with Gasteiger partial charge in [0.1, 0.15) is 17.1 Å². The summed E-state index contributed by atoms with van der Waals surface area (Å²) in [5, 5.41) is 3.49. The number of imidazole rings is 1. The van der Waals surface area contributed by atoms with Gasteiger partial charge in [-0.2, -0.15) is 0 Å². The van der Waals surface area contributed by atoms with Crippen LogP contribution in [0.1, 0.15) is 31.0 Å². The molecule has 96 valence electrons. The number of rotatable bonds is 2. The quantitative estimate of drug-likeness (QED) is 0.881. The standard InChI is InChI=1S/C14H19N3O/c1-18-13-6-4-8-17-12(13)10-16-14(17)11-5-2-3-7-15-9-11/h4,6,8,10-11,15H,2-3,5,7,9H2,1H3. The van der Waals surface area contributed by atoms with Crippen LogP contribution in [0.15, 0.2) is 24.5 Å². The molecule has 1 fully saturated rings. The summed E-state index contributed by atoms with van der Waals surface area (Å²) >= 11 is 0. The van der Waals surface area contributed by atoms with Crippen molar-refractivity contribution in [3.63, 3.8) is 0 Å². The van der Waals surface area contributed by atoms with E-state index in [-0.39, 0.29) is 0 Å². The lowest BCUT2D eigenvalue weighted by molar-refractivity contribution is 0.417. The second-order valence-electron chi connectivity index (χ2n) is 4.85. The fourth-order valence-corrected chi connectivity index (χ4v) is 2.73. The normalized spacial score (nSPS) is 20.8. The van der Waals surface area contributed by atoms with Crippen molar-refractivity contribution in [2.45, 2.75) is 25.2 Å². The van der Waals surface area contributed by atoms with Crippen molar-refractivity contribution in [2.24, 2.45) is 0 Å². The van der Waals surface area contributed by atoms with Gasteiger partial charge < -0.3 is 14.5 Å². The molecule has 2 aromatic rings. The molecular weight excluding hydrogens is 226 g/mol. The maximum Gasteiger partial charge on any atom is 0.144 e. The van der Waals surface area contributed by atoms with Crippen LogP contribution in [0.4, 0.5) is 0 Å². The molecule has 1 N–H and O–H groups in total. The van der Waals surface area contributed by atoms with E-state index in [0.29, 0.717) is 5.92 Å². The summed E-state index contributed by atoms with van der Waals surface area (Å²) in [6, 6.07) is 3.99. The van der Waals surface area contributed by atoms with Crippen molar-refractivity contribution in [3.8, 4) is 5.75 Å². The Kier molecular flexibility index (Phi) is 3.19. The Hall–Kier alpha value is -1.55. The average molecular weight is 245 g/mol. The Balaban J connectivity index is 2.01. The van der Waals surface area contributed by atoms with Crippen LogP contribution in [0.2, 0.25) is 0 Å². The molecule has 0 radical (unpaired) electrons. The highest BCUT2D eigenvalue weighted by Gasteiger charge is 2.19. The first-order chi connectivity index (χ1) is 8.90. The number of methoxy groups -OCH3 is 1.